The Morgan fingerprint density at radius 1 is 0.688 bits per heavy atom. The van der Waals surface area contributed by atoms with Gasteiger partial charge in [0.1, 0.15) is 5.60 Å². The van der Waals surface area contributed by atoms with Crippen molar-refractivity contribution in [3.63, 3.8) is 0 Å². The molecular formula is C30H54O2. The molecule has 0 radical (unpaired) electrons. The van der Waals surface area contributed by atoms with Crippen LogP contribution >= 0.6 is 0 Å². The number of rotatable bonds is 6. The lowest BCUT2D eigenvalue weighted by atomic mass is 9.82. The SMILES string of the molecule is C=CC(=O)OC1(CCCC2CCCCCCC2)CCCCCCCCCCCCCCC1. The van der Waals surface area contributed by atoms with Crippen LogP contribution in [0, 0.1) is 5.92 Å². The topological polar surface area (TPSA) is 26.3 Å². The zero-order chi connectivity index (χ0) is 22.7. The summed E-state index contributed by atoms with van der Waals surface area (Å²) in [6.07, 6.45) is 34.5. The Hall–Kier alpha value is -0.790. The van der Waals surface area contributed by atoms with Crippen molar-refractivity contribution in [1.82, 2.24) is 0 Å². The van der Waals surface area contributed by atoms with Crippen molar-refractivity contribution < 1.29 is 9.53 Å². The number of hydrogen-bond acceptors (Lipinski definition) is 2. The predicted molar refractivity (Wildman–Crippen MR) is 138 cm³/mol. The number of ether oxygens (including phenoxy) is 1. The molecule has 0 aliphatic heterocycles. The predicted octanol–water partition coefficient (Wildman–Crippen LogP) is 9.85. The highest BCUT2D eigenvalue weighted by molar-refractivity contribution is 5.81. The first-order valence-corrected chi connectivity index (χ1v) is 14.6. The van der Waals surface area contributed by atoms with Crippen LogP contribution in [0.15, 0.2) is 12.7 Å². The van der Waals surface area contributed by atoms with Gasteiger partial charge in [-0.05, 0) is 44.4 Å². The van der Waals surface area contributed by atoms with E-state index in [1.54, 1.807) is 0 Å². The second-order valence-electron chi connectivity index (χ2n) is 11.0. The van der Waals surface area contributed by atoms with Crippen molar-refractivity contribution >= 4 is 5.97 Å². The Labute approximate surface area is 200 Å². The van der Waals surface area contributed by atoms with Crippen molar-refractivity contribution in [2.45, 2.75) is 166 Å². The molecule has 2 aliphatic rings. The highest BCUT2D eigenvalue weighted by Crippen LogP contribution is 2.35. The van der Waals surface area contributed by atoms with Crippen LogP contribution in [0.3, 0.4) is 0 Å². The van der Waals surface area contributed by atoms with E-state index in [4.69, 9.17) is 4.74 Å². The normalized spacial score (nSPS) is 23.5. The van der Waals surface area contributed by atoms with Gasteiger partial charge in [-0.3, -0.25) is 0 Å². The average Bonchev–Trinajstić information content (AvgIpc) is 2.77. The van der Waals surface area contributed by atoms with Gasteiger partial charge in [0.05, 0.1) is 0 Å². The zero-order valence-electron chi connectivity index (χ0n) is 21.4. The standard InChI is InChI=1S/C30H54O2/c1-2-29(31)32-30(27-21-24-28-22-17-13-12-14-18-23-28)25-19-15-10-8-6-4-3-5-7-9-11-16-20-26-30/h2,28H,1,3-27H2. The van der Waals surface area contributed by atoms with Crippen molar-refractivity contribution in [1.29, 1.82) is 0 Å². The Morgan fingerprint density at radius 2 is 1.09 bits per heavy atom. The third kappa shape index (κ3) is 12.4. The van der Waals surface area contributed by atoms with E-state index >= 15 is 0 Å². The van der Waals surface area contributed by atoms with E-state index < -0.39 is 0 Å². The number of hydrogen-bond donors (Lipinski definition) is 0. The molecular weight excluding hydrogens is 392 g/mol. The minimum Gasteiger partial charge on any atom is -0.456 e. The summed E-state index contributed by atoms with van der Waals surface area (Å²) in [5.41, 5.74) is -0.246. The van der Waals surface area contributed by atoms with Crippen LogP contribution in [0.1, 0.15) is 161 Å². The summed E-state index contributed by atoms with van der Waals surface area (Å²) in [7, 11) is 0. The molecule has 0 spiro atoms. The molecule has 0 saturated heterocycles. The highest BCUT2D eigenvalue weighted by atomic mass is 16.6. The van der Waals surface area contributed by atoms with Crippen LogP contribution in [-0.4, -0.2) is 11.6 Å². The monoisotopic (exact) mass is 446 g/mol. The van der Waals surface area contributed by atoms with E-state index in [1.165, 1.54) is 147 Å². The van der Waals surface area contributed by atoms with Gasteiger partial charge < -0.3 is 4.74 Å². The lowest BCUT2D eigenvalue weighted by molar-refractivity contribution is -0.156. The van der Waals surface area contributed by atoms with Gasteiger partial charge in [0.2, 0.25) is 0 Å². The molecule has 0 amide bonds. The van der Waals surface area contributed by atoms with E-state index in [-0.39, 0.29) is 11.6 Å². The molecule has 0 heterocycles. The largest absolute Gasteiger partial charge is 0.456 e. The summed E-state index contributed by atoms with van der Waals surface area (Å²) in [6, 6.07) is 0. The molecule has 2 rings (SSSR count). The number of carbonyl (C=O) groups is 1. The average molecular weight is 447 g/mol. The zero-order valence-corrected chi connectivity index (χ0v) is 21.4. The molecule has 186 valence electrons. The quantitative estimate of drug-likeness (QED) is 0.300. The van der Waals surface area contributed by atoms with Gasteiger partial charge in [-0.1, -0.05) is 129 Å². The van der Waals surface area contributed by atoms with Gasteiger partial charge in [0, 0.05) is 6.08 Å². The van der Waals surface area contributed by atoms with Crippen molar-refractivity contribution in [2.75, 3.05) is 0 Å². The molecule has 0 aromatic heterocycles. The van der Waals surface area contributed by atoms with Crippen LogP contribution in [0.5, 0.6) is 0 Å². The maximum atomic E-state index is 12.4. The summed E-state index contributed by atoms with van der Waals surface area (Å²) in [5, 5.41) is 0. The molecule has 2 aliphatic carbocycles. The van der Waals surface area contributed by atoms with Gasteiger partial charge >= 0.3 is 5.97 Å². The molecule has 0 N–H and O–H groups in total. The van der Waals surface area contributed by atoms with Crippen LogP contribution in [0.2, 0.25) is 0 Å². The van der Waals surface area contributed by atoms with E-state index in [0.29, 0.717) is 0 Å². The van der Waals surface area contributed by atoms with Crippen LogP contribution < -0.4 is 0 Å². The second kappa shape index (κ2) is 17.7. The molecule has 2 nitrogen and oxygen atoms in total. The fourth-order valence-electron chi connectivity index (χ4n) is 6.16. The van der Waals surface area contributed by atoms with Crippen molar-refractivity contribution in [2.24, 2.45) is 5.92 Å². The third-order valence-corrected chi connectivity index (χ3v) is 8.22. The smallest absolute Gasteiger partial charge is 0.330 e. The lowest BCUT2D eigenvalue weighted by Crippen LogP contribution is -2.35. The van der Waals surface area contributed by atoms with Gasteiger partial charge in [-0.2, -0.15) is 0 Å². The molecule has 2 fully saturated rings. The molecule has 0 atom stereocenters. The molecule has 2 heteroatoms. The van der Waals surface area contributed by atoms with Crippen LogP contribution in [0.25, 0.3) is 0 Å². The van der Waals surface area contributed by atoms with Gasteiger partial charge in [-0.15, -0.1) is 0 Å². The van der Waals surface area contributed by atoms with E-state index in [9.17, 15) is 4.79 Å². The maximum Gasteiger partial charge on any atom is 0.330 e. The number of esters is 1. The molecule has 0 unspecified atom stereocenters. The number of carbonyl (C=O) groups excluding carboxylic acids is 1. The maximum absolute atomic E-state index is 12.4. The molecule has 32 heavy (non-hydrogen) atoms. The summed E-state index contributed by atoms with van der Waals surface area (Å²) >= 11 is 0. The lowest BCUT2D eigenvalue weighted by Gasteiger charge is -2.34. The summed E-state index contributed by atoms with van der Waals surface area (Å²) in [5.74, 6) is 0.694. The summed E-state index contributed by atoms with van der Waals surface area (Å²) < 4.78 is 6.21. The third-order valence-electron chi connectivity index (χ3n) is 8.22. The Kier molecular flexibility index (Phi) is 15.1. The first-order chi connectivity index (χ1) is 15.7. The van der Waals surface area contributed by atoms with Crippen molar-refractivity contribution in [3.05, 3.63) is 12.7 Å². The Morgan fingerprint density at radius 3 is 1.53 bits per heavy atom. The fourth-order valence-corrected chi connectivity index (χ4v) is 6.16. The molecule has 0 bridgehead atoms. The minimum atomic E-state index is -0.246. The van der Waals surface area contributed by atoms with Crippen LogP contribution in [-0.2, 0) is 9.53 Å². The van der Waals surface area contributed by atoms with E-state index in [0.717, 1.165) is 25.2 Å². The second-order valence-corrected chi connectivity index (χ2v) is 11.0. The van der Waals surface area contributed by atoms with Gasteiger partial charge in [0.25, 0.3) is 0 Å². The van der Waals surface area contributed by atoms with Crippen LogP contribution in [0.4, 0.5) is 0 Å². The first kappa shape index (κ1) is 27.5. The van der Waals surface area contributed by atoms with E-state index in [2.05, 4.69) is 6.58 Å². The van der Waals surface area contributed by atoms with Crippen molar-refractivity contribution in [3.8, 4) is 0 Å². The van der Waals surface area contributed by atoms with Gasteiger partial charge in [-0.25, -0.2) is 4.79 Å². The van der Waals surface area contributed by atoms with Gasteiger partial charge in [0.15, 0.2) is 0 Å². The first-order valence-electron chi connectivity index (χ1n) is 14.6. The summed E-state index contributed by atoms with van der Waals surface area (Å²) in [6.45, 7) is 3.70. The molecule has 0 aromatic carbocycles. The summed E-state index contributed by atoms with van der Waals surface area (Å²) in [4.78, 5) is 12.4. The Balaban J connectivity index is 1.94. The molecule has 0 aromatic rings. The molecule has 2 saturated carbocycles. The minimum absolute atomic E-state index is 0.203. The highest BCUT2D eigenvalue weighted by Gasteiger charge is 2.32. The Bertz CT molecular complexity index is 459. The van der Waals surface area contributed by atoms with E-state index in [1.807, 2.05) is 0 Å². The fraction of sp³-hybridized carbons (Fsp3) is 0.900.